The Balaban J connectivity index is 1.36. The minimum absolute atomic E-state index is 0.0250. The first-order chi connectivity index (χ1) is 13.9. The van der Waals surface area contributed by atoms with Crippen LogP contribution >= 0.6 is 0 Å². The second-order valence-corrected chi connectivity index (χ2v) is 8.22. The monoisotopic (exact) mass is 404 g/mol. The van der Waals surface area contributed by atoms with Gasteiger partial charge >= 0.3 is 6.55 Å². The van der Waals surface area contributed by atoms with Crippen molar-refractivity contribution in [2.24, 2.45) is 22.9 Å². The van der Waals surface area contributed by atoms with E-state index in [-0.39, 0.29) is 30.1 Å². The van der Waals surface area contributed by atoms with Crippen LogP contribution in [0.4, 0.5) is 8.78 Å². The molecule has 2 aliphatic carbocycles. The predicted molar refractivity (Wildman–Crippen MR) is 106 cm³/mol. The summed E-state index contributed by atoms with van der Waals surface area (Å²) in [5, 5.41) is 6.85. The number of para-hydroxylation sites is 2. The average Bonchev–Trinajstić information content (AvgIpc) is 3.41. The van der Waals surface area contributed by atoms with Gasteiger partial charge in [-0.15, -0.1) is 0 Å². The molecule has 2 aliphatic rings. The summed E-state index contributed by atoms with van der Waals surface area (Å²) >= 11 is 0. The molecule has 1 heterocycles. The first kappa shape index (κ1) is 19.8. The number of halogens is 2. The Morgan fingerprint density at radius 2 is 2.14 bits per heavy atom. The van der Waals surface area contributed by atoms with Crippen molar-refractivity contribution in [3.8, 4) is 0 Å². The summed E-state index contributed by atoms with van der Waals surface area (Å²) in [6.45, 7) is 0.573. The molecule has 4 atom stereocenters. The zero-order valence-electron chi connectivity index (χ0n) is 16.6. The van der Waals surface area contributed by atoms with Gasteiger partial charge in [-0.2, -0.15) is 8.78 Å². The highest BCUT2D eigenvalue weighted by molar-refractivity contribution is 5.98. The smallest absolute Gasteiger partial charge is 0.320 e. The number of amides is 1. The van der Waals surface area contributed by atoms with E-state index in [1.165, 1.54) is 32.6 Å². The fraction of sp³-hybridized carbons (Fsp3) is 0.571. The summed E-state index contributed by atoms with van der Waals surface area (Å²) in [5.41, 5.74) is 0.967. The van der Waals surface area contributed by atoms with Gasteiger partial charge in [-0.05, 0) is 63.0 Å². The lowest BCUT2D eigenvalue weighted by molar-refractivity contribution is -0.126. The maximum atomic E-state index is 13.5. The van der Waals surface area contributed by atoms with Crippen molar-refractivity contribution in [3.05, 3.63) is 30.1 Å². The van der Waals surface area contributed by atoms with Crippen molar-refractivity contribution in [3.63, 3.8) is 0 Å². The van der Waals surface area contributed by atoms with Crippen molar-refractivity contribution in [1.29, 1.82) is 0 Å². The van der Waals surface area contributed by atoms with Crippen LogP contribution in [-0.2, 0) is 9.63 Å². The fourth-order valence-electron chi connectivity index (χ4n) is 5.03. The van der Waals surface area contributed by atoms with E-state index >= 15 is 0 Å². The molecule has 4 unspecified atom stereocenters. The standard InChI is InChI=1S/C21H26F2N4O2/c1-12(16-10-14-7-8-15(16)9-14)24-19(28)11-29-26-13(2)20-25-17-5-3-4-6-18(17)27(20)21(22)23/h3-6,12,14-16,21H,7-11H2,1-2H3,(H,24,28)/b26-13+. The van der Waals surface area contributed by atoms with Crippen LogP contribution in [0.5, 0.6) is 0 Å². The molecule has 8 heteroatoms. The van der Waals surface area contributed by atoms with Crippen LogP contribution in [0.15, 0.2) is 29.4 Å². The number of oxime groups is 1. The van der Waals surface area contributed by atoms with Gasteiger partial charge in [0.1, 0.15) is 5.71 Å². The molecular weight excluding hydrogens is 378 g/mol. The van der Waals surface area contributed by atoms with Crippen molar-refractivity contribution in [2.75, 3.05) is 6.61 Å². The highest BCUT2D eigenvalue weighted by atomic mass is 19.3. The van der Waals surface area contributed by atoms with E-state index in [0.717, 1.165) is 16.4 Å². The minimum atomic E-state index is -2.76. The quantitative estimate of drug-likeness (QED) is 0.558. The maximum absolute atomic E-state index is 13.5. The number of carbonyl (C=O) groups excluding carboxylic acids is 1. The number of nitrogens with one attached hydrogen (secondary N) is 1. The molecule has 6 nitrogen and oxygen atoms in total. The summed E-state index contributed by atoms with van der Waals surface area (Å²) < 4.78 is 27.9. The van der Waals surface area contributed by atoms with Gasteiger partial charge in [0.2, 0.25) is 0 Å². The lowest BCUT2D eigenvalue weighted by Gasteiger charge is -2.28. The van der Waals surface area contributed by atoms with E-state index in [2.05, 4.69) is 15.5 Å². The number of nitrogens with zero attached hydrogens (tertiary/aromatic N) is 3. The largest absolute Gasteiger partial charge is 0.385 e. The number of imidazole rings is 1. The van der Waals surface area contributed by atoms with Crippen LogP contribution < -0.4 is 5.32 Å². The number of carbonyl (C=O) groups is 1. The lowest BCUT2D eigenvalue weighted by Crippen LogP contribution is -2.41. The normalized spacial score (nSPS) is 25.0. The Kier molecular flexibility index (Phi) is 5.52. The molecule has 1 aromatic carbocycles. The number of aromatic nitrogens is 2. The molecule has 1 N–H and O–H groups in total. The third kappa shape index (κ3) is 3.97. The van der Waals surface area contributed by atoms with E-state index in [0.29, 0.717) is 17.0 Å². The SMILES string of the molecule is C/C(=N\OCC(=O)NC(C)C1CC2CCC1C2)c1nc2ccccc2n1C(F)F. The van der Waals surface area contributed by atoms with Crippen molar-refractivity contribution >= 4 is 22.7 Å². The van der Waals surface area contributed by atoms with Crippen molar-refractivity contribution in [2.45, 2.75) is 52.1 Å². The van der Waals surface area contributed by atoms with E-state index in [4.69, 9.17) is 4.84 Å². The second kappa shape index (κ2) is 8.08. The van der Waals surface area contributed by atoms with E-state index in [9.17, 15) is 13.6 Å². The summed E-state index contributed by atoms with van der Waals surface area (Å²) in [5.74, 6) is 1.85. The molecule has 0 radical (unpaired) electrons. The Labute approximate surface area is 168 Å². The molecule has 0 spiro atoms. The maximum Gasteiger partial charge on any atom is 0.320 e. The number of alkyl halides is 2. The van der Waals surface area contributed by atoms with Gasteiger partial charge in [-0.1, -0.05) is 23.7 Å². The molecule has 0 aliphatic heterocycles. The van der Waals surface area contributed by atoms with Gasteiger partial charge in [-0.25, -0.2) is 4.98 Å². The highest BCUT2D eigenvalue weighted by Crippen LogP contribution is 2.49. The van der Waals surface area contributed by atoms with Crippen molar-refractivity contribution < 1.29 is 18.4 Å². The molecular formula is C21H26F2N4O2. The van der Waals surface area contributed by atoms with Crippen LogP contribution in [-0.4, -0.2) is 33.8 Å². The second-order valence-electron chi connectivity index (χ2n) is 8.22. The Bertz CT molecular complexity index is 927. The molecule has 2 saturated carbocycles. The summed E-state index contributed by atoms with van der Waals surface area (Å²) in [7, 11) is 0. The first-order valence-electron chi connectivity index (χ1n) is 10.2. The number of rotatable bonds is 7. The van der Waals surface area contributed by atoms with Gasteiger partial charge in [0, 0.05) is 6.04 Å². The number of benzene rings is 1. The lowest BCUT2D eigenvalue weighted by atomic mass is 9.84. The Hall–Kier alpha value is -2.51. The Morgan fingerprint density at radius 3 is 2.83 bits per heavy atom. The summed E-state index contributed by atoms with van der Waals surface area (Å²) in [6.07, 6.45) is 5.06. The highest BCUT2D eigenvalue weighted by Gasteiger charge is 2.42. The summed E-state index contributed by atoms with van der Waals surface area (Å²) in [4.78, 5) is 21.6. The fourth-order valence-corrected chi connectivity index (χ4v) is 5.03. The number of hydrogen-bond donors (Lipinski definition) is 1. The number of hydrogen-bond acceptors (Lipinski definition) is 4. The van der Waals surface area contributed by atoms with Gasteiger partial charge in [0.05, 0.1) is 11.0 Å². The van der Waals surface area contributed by atoms with Gasteiger partial charge in [0.15, 0.2) is 12.4 Å². The minimum Gasteiger partial charge on any atom is -0.385 e. The molecule has 1 aromatic heterocycles. The molecule has 29 heavy (non-hydrogen) atoms. The molecule has 156 valence electrons. The molecule has 2 bridgehead atoms. The zero-order valence-corrected chi connectivity index (χ0v) is 16.6. The molecule has 4 rings (SSSR count). The molecule has 2 aromatic rings. The topological polar surface area (TPSA) is 68.5 Å². The van der Waals surface area contributed by atoms with Gasteiger partial charge in [-0.3, -0.25) is 9.36 Å². The van der Waals surface area contributed by atoms with Crippen LogP contribution in [0.2, 0.25) is 0 Å². The van der Waals surface area contributed by atoms with E-state index < -0.39 is 6.55 Å². The molecule has 0 saturated heterocycles. The van der Waals surface area contributed by atoms with Crippen molar-refractivity contribution in [1.82, 2.24) is 14.9 Å². The molecule has 2 fully saturated rings. The average molecular weight is 404 g/mol. The first-order valence-corrected chi connectivity index (χ1v) is 10.2. The molecule has 1 amide bonds. The zero-order chi connectivity index (χ0) is 20.5. The van der Waals surface area contributed by atoms with Crippen LogP contribution in [0.3, 0.4) is 0 Å². The van der Waals surface area contributed by atoms with Gasteiger partial charge in [0.25, 0.3) is 5.91 Å². The Morgan fingerprint density at radius 1 is 1.34 bits per heavy atom. The number of fused-ring (bicyclic) bond motifs is 3. The predicted octanol–water partition coefficient (Wildman–Crippen LogP) is 4.11. The van der Waals surface area contributed by atoms with Gasteiger partial charge < -0.3 is 10.2 Å². The third-order valence-electron chi connectivity index (χ3n) is 6.34. The van der Waals surface area contributed by atoms with Crippen LogP contribution in [0.25, 0.3) is 11.0 Å². The van der Waals surface area contributed by atoms with Crippen LogP contribution in [0.1, 0.15) is 51.9 Å². The third-order valence-corrected chi connectivity index (χ3v) is 6.34. The summed E-state index contributed by atoms with van der Waals surface area (Å²) in [6, 6.07) is 6.76. The van der Waals surface area contributed by atoms with Crippen LogP contribution in [0, 0.1) is 17.8 Å². The van der Waals surface area contributed by atoms with E-state index in [1.807, 2.05) is 6.92 Å². The van der Waals surface area contributed by atoms with E-state index in [1.54, 1.807) is 24.3 Å².